The van der Waals surface area contributed by atoms with E-state index in [-0.39, 0.29) is 23.0 Å². The van der Waals surface area contributed by atoms with Gasteiger partial charge in [0.25, 0.3) is 0 Å². The molecule has 0 atom stereocenters. The molecule has 0 saturated heterocycles. The predicted molar refractivity (Wildman–Crippen MR) is 85.8 cm³/mol. The molecule has 0 radical (unpaired) electrons. The lowest BCUT2D eigenvalue weighted by atomic mass is 10.1. The molecule has 6 heteroatoms. The van der Waals surface area contributed by atoms with Crippen LogP contribution in [0.3, 0.4) is 0 Å². The first-order chi connectivity index (χ1) is 10.5. The van der Waals surface area contributed by atoms with Crippen LogP contribution < -0.4 is 10.6 Å². The van der Waals surface area contributed by atoms with Gasteiger partial charge in [-0.3, -0.25) is 9.59 Å². The van der Waals surface area contributed by atoms with Gasteiger partial charge in [0.2, 0.25) is 11.6 Å². The van der Waals surface area contributed by atoms with Gasteiger partial charge < -0.3 is 10.6 Å². The van der Waals surface area contributed by atoms with Crippen molar-refractivity contribution >= 4 is 46.1 Å². The SMILES string of the molecule is O=C1/C(=C2\Nc3ccc(Cl)cc3C2=O)Nc2ccc(Cl)cc21. The smallest absolute Gasteiger partial charge is 0.213 e. The lowest BCUT2D eigenvalue weighted by molar-refractivity contribution is 0.101. The van der Waals surface area contributed by atoms with E-state index in [9.17, 15) is 9.59 Å². The minimum Gasteiger partial charge on any atom is -0.350 e. The van der Waals surface area contributed by atoms with Crippen molar-refractivity contribution in [2.24, 2.45) is 0 Å². The van der Waals surface area contributed by atoms with Gasteiger partial charge in [0.1, 0.15) is 11.4 Å². The van der Waals surface area contributed by atoms with Gasteiger partial charge in [0.15, 0.2) is 0 Å². The Hall–Kier alpha value is -2.30. The second-order valence-corrected chi connectivity index (χ2v) is 5.91. The van der Waals surface area contributed by atoms with Crippen molar-refractivity contribution in [3.05, 3.63) is 69.0 Å². The Morgan fingerprint density at radius 3 is 1.50 bits per heavy atom. The van der Waals surface area contributed by atoms with Gasteiger partial charge in [0, 0.05) is 21.2 Å². The number of nitrogens with one attached hydrogen (secondary N) is 2. The van der Waals surface area contributed by atoms with Crippen molar-refractivity contribution in [3.8, 4) is 0 Å². The molecule has 0 saturated carbocycles. The van der Waals surface area contributed by atoms with E-state index < -0.39 is 0 Å². The number of anilines is 2. The van der Waals surface area contributed by atoms with Gasteiger partial charge in [-0.1, -0.05) is 23.2 Å². The molecule has 2 aromatic carbocycles. The fraction of sp³-hybridized carbons (Fsp3) is 0. The molecule has 0 amide bonds. The van der Waals surface area contributed by atoms with Crippen LogP contribution in [0.1, 0.15) is 20.7 Å². The molecule has 2 N–H and O–H groups in total. The maximum atomic E-state index is 12.5. The molecular weight excluding hydrogens is 323 g/mol. The van der Waals surface area contributed by atoms with Crippen LogP contribution >= 0.6 is 23.2 Å². The Labute approximate surface area is 135 Å². The molecule has 22 heavy (non-hydrogen) atoms. The summed E-state index contributed by atoms with van der Waals surface area (Å²) in [7, 11) is 0. The van der Waals surface area contributed by atoms with Gasteiger partial charge in [-0.05, 0) is 36.4 Å². The van der Waals surface area contributed by atoms with Crippen LogP contribution in [-0.4, -0.2) is 11.6 Å². The number of halogens is 2. The first kappa shape index (κ1) is 13.4. The summed E-state index contributed by atoms with van der Waals surface area (Å²) in [5.41, 5.74) is 2.65. The maximum absolute atomic E-state index is 12.5. The van der Waals surface area contributed by atoms with Crippen LogP contribution in [0.5, 0.6) is 0 Å². The highest BCUT2D eigenvalue weighted by Gasteiger charge is 2.34. The maximum Gasteiger partial charge on any atom is 0.213 e. The van der Waals surface area contributed by atoms with Crippen LogP contribution in [0.15, 0.2) is 47.8 Å². The molecule has 0 bridgehead atoms. The number of carbonyl (C=O) groups excluding carboxylic acids is 2. The lowest BCUT2D eigenvalue weighted by Crippen LogP contribution is -2.13. The van der Waals surface area contributed by atoms with Gasteiger partial charge >= 0.3 is 0 Å². The predicted octanol–water partition coefficient (Wildman–Crippen LogP) is 4.12. The Kier molecular flexibility index (Phi) is 2.79. The highest BCUT2D eigenvalue weighted by Crippen LogP contribution is 2.36. The Morgan fingerprint density at radius 1 is 0.682 bits per heavy atom. The Bertz CT molecular complexity index is 830. The van der Waals surface area contributed by atoms with Crippen LogP contribution in [0.4, 0.5) is 11.4 Å². The van der Waals surface area contributed by atoms with Gasteiger partial charge in [-0.2, -0.15) is 0 Å². The molecular formula is C16H8Cl2N2O2. The van der Waals surface area contributed by atoms with Crippen LogP contribution in [0.25, 0.3) is 0 Å². The zero-order valence-electron chi connectivity index (χ0n) is 11.0. The average Bonchev–Trinajstić information content (AvgIpc) is 2.98. The number of Topliss-reactive ketones (excluding diaryl/α,β-unsaturated/α-hetero) is 2. The molecule has 0 spiro atoms. The normalized spacial score (nSPS) is 18.8. The van der Waals surface area contributed by atoms with Crippen molar-refractivity contribution in [2.45, 2.75) is 0 Å². The lowest BCUT2D eigenvalue weighted by Gasteiger charge is -2.03. The monoisotopic (exact) mass is 330 g/mol. The summed E-state index contributed by atoms with van der Waals surface area (Å²) >= 11 is 11.8. The molecule has 0 fully saturated rings. The summed E-state index contributed by atoms with van der Waals surface area (Å²) in [5, 5.41) is 6.92. The topological polar surface area (TPSA) is 58.2 Å². The van der Waals surface area contributed by atoms with Crippen LogP contribution in [0.2, 0.25) is 10.0 Å². The van der Waals surface area contributed by atoms with Crippen molar-refractivity contribution < 1.29 is 9.59 Å². The van der Waals surface area contributed by atoms with E-state index in [0.29, 0.717) is 32.5 Å². The summed E-state index contributed by atoms with van der Waals surface area (Å²) in [4.78, 5) is 25.0. The molecule has 4 nitrogen and oxygen atoms in total. The van der Waals surface area contributed by atoms with E-state index in [1.54, 1.807) is 36.4 Å². The molecule has 2 aliphatic heterocycles. The second kappa shape index (κ2) is 4.60. The minimum atomic E-state index is -0.257. The van der Waals surface area contributed by atoms with Gasteiger partial charge in [-0.25, -0.2) is 0 Å². The third kappa shape index (κ3) is 1.85. The summed E-state index contributed by atoms with van der Waals surface area (Å²) in [6.07, 6.45) is 0. The first-order valence-corrected chi connectivity index (χ1v) is 7.27. The summed E-state index contributed by atoms with van der Waals surface area (Å²) in [6.45, 7) is 0. The van der Waals surface area contributed by atoms with E-state index >= 15 is 0 Å². The van der Waals surface area contributed by atoms with Crippen molar-refractivity contribution in [1.82, 2.24) is 0 Å². The van der Waals surface area contributed by atoms with E-state index in [1.165, 1.54) is 0 Å². The number of fused-ring (bicyclic) bond motifs is 2. The zero-order chi connectivity index (χ0) is 15.4. The number of hydrogen-bond donors (Lipinski definition) is 2. The zero-order valence-corrected chi connectivity index (χ0v) is 12.5. The van der Waals surface area contributed by atoms with E-state index in [4.69, 9.17) is 23.2 Å². The first-order valence-electron chi connectivity index (χ1n) is 6.51. The number of carbonyl (C=O) groups is 2. The highest BCUT2D eigenvalue weighted by molar-refractivity contribution is 6.34. The van der Waals surface area contributed by atoms with Gasteiger partial charge in [0.05, 0.1) is 11.4 Å². The molecule has 2 aromatic rings. The number of hydrogen-bond acceptors (Lipinski definition) is 4. The fourth-order valence-corrected chi connectivity index (χ4v) is 2.98. The minimum absolute atomic E-state index is 0.231. The van der Waals surface area contributed by atoms with E-state index in [2.05, 4.69) is 10.6 Å². The standard InChI is InChI=1S/C16H8Cl2N2O2/c17-7-1-3-11-9(5-7)15(21)13(19-11)14-16(22)10-6-8(18)2-4-12(10)20-14/h1-6,19-20H/b14-13+. The largest absolute Gasteiger partial charge is 0.350 e. The number of benzene rings is 2. The van der Waals surface area contributed by atoms with Gasteiger partial charge in [-0.15, -0.1) is 0 Å². The van der Waals surface area contributed by atoms with E-state index in [1.807, 2.05) is 0 Å². The van der Waals surface area contributed by atoms with Crippen LogP contribution in [-0.2, 0) is 0 Å². The molecule has 0 unspecified atom stereocenters. The van der Waals surface area contributed by atoms with Crippen LogP contribution in [0, 0.1) is 0 Å². The third-order valence-electron chi connectivity index (χ3n) is 3.68. The van der Waals surface area contributed by atoms with Crippen molar-refractivity contribution in [2.75, 3.05) is 10.6 Å². The number of rotatable bonds is 0. The molecule has 4 rings (SSSR count). The fourth-order valence-electron chi connectivity index (χ4n) is 2.63. The van der Waals surface area contributed by atoms with Crippen molar-refractivity contribution in [1.29, 1.82) is 0 Å². The molecule has 0 aliphatic carbocycles. The summed E-state index contributed by atoms with van der Waals surface area (Å²) in [6, 6.07) is 9.98. The highest BCUT2D eigenvalue weighted by atomic mass is 35.5. The number of ketones is 2. The Morgan fingerprint density at radius 2 is 1.09 bits per heavy atom. The van der Waals surface area contributed by atoms with Crippen molar-refractivity contribution in [3.63, 3.8) is 0 Å². The second-order valence-electron chi connectivity index (χ2n) is 5.04. The van der Waals surface area contributed by atoms with E-state index in [0.717, 1.165) is 0 Å². The number of allylic oxidation sites excluding steroid dienone is 2. The quantitative estimate of drug-likeness (QED) is 0.713. The average molecular weight is 331 g/mol. The third-order valence-corrected chi connectivity index (χ3v) is 4.15. The molecule has 2 heterocycles. The Balaban J connectivity index is 1.82. The summed E-state index contributed by atoms with van der Waals surface area (Å²) < 4.78 is 0. The molecule has 2 aliphatic rings. The molecule has 108 valence electrons. The summed E-state index contributed by atoms with van der Waals surface area (Å²) in [5.74, 6) is -0.514. The molecule has 0 aromatic heterocycles.